The number of hydrogen-bond donors (Lipinski definition) is 2. The van der Waals surface area contributed by atoms with Crippen molar-refractivity contribution < 1.29 is 23.9 Å². The summed E-state index contributed by atoms with van der Waals surface area (Å²) in [4.78, 5) is 36.0. The van der Waals surface area contributed by atoms with Crippen LogP contribution in [0.1, 0.15) is 17.3 Å². The van der Waals surface area contributed by atoms with Crippen LogP contribution in [0.5, 0.6) is 5.75 Å². The summed E-state index contributed by atoms with van der Waals surface area (Å²) in [6.45, 7) is 1.06. The average Bonchev–Trinajstić information content (AvgIpc) is 2.67. The summed E-state index contributed by atoms with van der Waals surface area (Å²) in [6, 6.07) is 13.2. The first-order valence-corrected chi connectivity index (χ1v) is 8.45. The van der Waals surface area contributed by atoms with Gasteiger partial charge in [-0.1, -0.05) is 29.8 Å². The minimum Gasteiger partial charge on any atom is -0.495 e. The van der Waals surface area contributed by atoms with E-state index in [1.165, 1.54) is 20.1 Å². The van der Waals surface area contributed by atoms with E-state index >= 15 is 0 Å². The number of esters is 1. The van der Waals surface area contributed by atoms with E-state index in [9.17, 15) is 14.4 Å². The Morgan fingerprint density at radius 3 is 2.48 bits per heavy atom. The first-order valence-electron chi connectivity index (χ1n) is 8.08. The molecule has 0 aliphatic carbocycles. The summed E-state index contributed by atoms with van der Waals surface area (Å²) in [6.07, 6.45) is -1.07. The van der Waals surface area contributed by atoms with Crippen LogP contribution in [0, 0.1) is 0 Å². The fourth-order valence-electron chi connectivity index (χ4n) is 2.15. The minimum absolute atomic E-state index is 0.355. The van der Waals surface area contributed by atoms with Crippen molar-refractivity contribution in [3.63, 3.8) is 0 Å². The monoisotopic (exact) mass is 390 g/mol. The lowest BCUT2D eigenvalue weighted by Gasteiger charge is -2.15. The Labute approximate surface area is 161 Å². The highest BCUT2D eigenvalue weighted by Gasteiger charge is 2.20. The maximum atomic E-state index is 12.2. The van der Waals surface area contributed by atoms with Crippen LogP contribution >= 0.6 is 11.6 Å². The number of rotatable bonds is 7. The summed E-state index contributed by atoms with van der Waals surface area (Å²) < 4.78 is 10.2. The number of halogens is 1. The zero-order valence-electron chi connectivity index (χ0n) is 14.8. The molecule has 1 atom stereocenters. The zero-order chi connectivity index (χ0) is 19.8. The molecule has 2 amide bonds. The van der Waals surface area contributed by atoms with Gasteiger partial charge >= 0.3 is 5.97 Å². The molecule has 0 heterocycles. The predicted molar refractivity (Wildman–Crippen MR) is 101 cm³/mol. The second-order valence-electron chi connectivity index (χ2n) is 5.51. The standard InChI is InChI=1S/C19H19ClN2O5/c1-12(18(24)22-15-10-14(20)8-9-16(15)26-2)27-17(23)11-21-19(25)13-6-4-3-5-7-13/h3-10,12H,11H2,1-2H3,(H,21,25)(H,22,24)/t12-/m1/s1. The third kappa shape index (κ3) is 6.00. The highest BCUT2D eigenvalue weighted by Crippen LogP contribution is 2.27. The Balaban J connectivity index is 1.86. The lowest BCUT2D eigenvalue weighted by Crippen LogP contribution is -2.35. The molecule has 2 rings (SSSR count). The van der Waals surface area contributed by atoms with Crippen LogP contribution in [-0.4, -0.2) is 37.5 Å². The van der Waals surface area contributed by atoms with Crippen LogP contribution in [0.15, 0.2) is 48.5 Å². The first-order chi connectivity index (χ1) is 12.9. The fourth-order valence-corrected chi connectivity index (χ4v) is 2.32. The fraction of sp³-hybridized carbons (Fsp3) is 0.211. The van der Waals surface area contributed by atoms with E-state index in [0.29, 0.717) is 22.0 Å². The van der Waals surface area contributed by atoms with E-state index in [-0.39, 0.29) is 6.54 Å². The van der Waals surface area contributed by atoms with Crippen molar-refractivity contribution in [3.05, 3.63) is 59.1 Å². The van der Waals surface area contributed by atoms with Crippen molar-refractivity contribution in [3.8, 4) is 5.75 Å². The van der Waals surface area contributed by atoms with E-state index in [4.69, 9.17) is 21.1 Å². The van der Waals surface area contributed by atoms with Gasteiger partial charge in [0.2, 0.25) is 0 Å². The Hall–Kier alpha value is -3.06. The van der Waals surface area contributed by atoms with Crippen molar-refractivity contribution in [2.24, 2.45) is 0 Å². The Bertz CT molecular complexity index is 826. The van der Waals surface area contributed by atoms with E-state index in [2.05, 4.69) is 10.6 Å². The van der Waals surface area contributed by atoms with Gasteiger partial charge in [0.05, 0.1) is 12.8 Å². The molecular weight excluding hydrogens is 372 g/mol. The molecule has 0 bridgehead atoms. The first kappa shape index (κ1) is 20.3. The van der Waals surface area contributed by atoms with Crippen molar-refractivity contribution in [1.29, 1.82) is 0 Å². The van der Waals surface area contributed by atoms with Crippen LogP contribution in [-0.2, 0) is 14.3 Å². The molecule has 0 aromatic heterocycles. The maximum Gasteiger partial charge on any atom is 0.326 e. The third-order valence-corrected chi connectivity index (χ3v) is 3.76. The van der Waals surface area contributed by atoms with Gasteiger partial charge in [-0.25, -0.2) is 0 Å². The Morgan fingerprint density at radius 2 is 1.81 bits per heavy atom. The molecule has 0 aliphatic heterocycles. The molecule has 0 saturated heterocycles. The molecule has 2 aromatic carbocycles. The lowest BCUT2D eigenvalue weighted by atomic mass is 10.2. The van der Waals surface area contributed by atoms with Gasteiger partial charge in [0.25, 0.3) is 11.8 Å². The molecular formula is C19H19ClN2O5. The quantitative estimate of drug-likeness (QED) is 0.709. The minimum atomic E-state index is -1.07. The van der Waals surface area contributed by atoms with Gasteiger partial charge in [-0.15, -0.1) is 0 Å². The molecule has 27 heavy (non-hydrogen) atoms. The normalized spacial score (nSPS) is 11.2. The molecule has 0 spiro atoms. The number of carbonyl (C=O) groups is 3. The number of benzene rings is 2. The zero-order valence-corrected chi connectivity index (χ0v) is 15.6. The molecule has 0 saturated carbocycles. The second-order valence-corrected chi connectivity index (χ2v) is 5.95. The number of hydrogen-bond acceptors (Lipinski definition) is 5. The predicted octanol–water partition coefficient (Wildman–Crippen LogP) is 2.65. The molecule has 0 unspecified atom stereocenters. The van der Waals surface area contributed by atoms with Crippen LogP contribution in [0.3, 0.4) is 0 Å². The van der Waals surface area contributed by atoms with Crippen molar-refractivity contribution in [1.82, 2.24) is 5.32 Å². The summed E-state index contributed by atoms with van der Waals surface area (Å²) in [7, 11) is 1.46. The van der Waals surface area contributed by atoms with E-state index in [1.807, 2.05) is 0 Å². The third-order valence-electron chi connectivity index (χ3n) is 3.53. The van der Waals surface area contributed by atoms with Crippen LogP contribution in [0.25, 0.3) is 0 Å². The number of ether oxygens (including phenoxy) is 2. The highest BCUT2D eigenvalue weighted by atomic mass is 35.5. The highest BCUT2D eigenvalue weighted by molar-refractivity contribution is 6.31. The van der Waals surface area contributed by atoms with Crippen molar-refractivity contribution in [2.75, 3.05) is 19.0 Å². The van der Waals surface area contributed by atoms with Gasteiger partial charge in [0.1, 0.15) is 12.3 Å². The number of amides is 2. The molecule has 2 N–H and O–H groups in total. The molecule has 0 fully saturated rings. The molecule has 8 heteroatoms. The smallest absolute Gasteiger partial charge is 0.326 e. The number of anilines is 1. The maximum absolute atomic E-state index is 12.2. The largest absolute Gasteiger partial charge is 0.495 e. The van der Waals surface area contributed by atoms with Crippen molar-refractivity contribution >= 4 is 35.1 Å². The van der Waals surface area contributed by atoms with Gasteiger partial charge < -0.3 is 20.1 Å². The summed E-state index contributed by atoms with van der Waals surface area (Å²) in [5, 5.41) is 5.44. The molecule has 2 aromatic rings. The van der Waals surface area contributed by atoms with Gasteiger partial charge in [-0.05, 0) is 37.3 Å². The van der Waals surface area contributed by atoms with E-state index < -0.39 is 23.9 Å². The summed E-state index contributed by atoms with van der Waals surface area (Å²) in [5.74, 6) is -1.28. The number of carbonyl (C=O) groups excluding carboxylic acids is 3. The van der Waals surface area contributed by atoms with Gasteiger partial charge in [0, 0.05) is 10.6 Å². The lowest BCUT2D eigenvalue weighted by molar-refractivity contribution is -0.152. The van der Waals surface area contributed by atoms with E-state index in [1.54, 1.807) is 42.5 Å². The topological polar surface area (TPSA) is 93.7 Å². The van der Waals surface area contributed by atoms with E-state index in [0.717, 1.165) is 0 Å². The van der Waals surface area contributed by atoms with Crippen LogP contribution < -0.4 is 15.4 Å². The number of methoxy groups -OCH3 is 1. The SMILES string of the molecule is COc1ccc(Cl)cc1NC(=O)[C@@H](C)OC(=O)CNC(=O)c1ccccc1. The van der Waals surface area contributed by atoms with Gasteiger partial charge in [-0.3, -0.25) is 14.4 Å². The molecule has 142 valence electrons. The summed E-state index contributed by atoms with van der Waals surface area (Å²) >= 11 is 5.91. The Morgan fingerprint density at radius 1 is 1.11 bits per heavy atom. The summed E-state index contributed by atoms with van der Waals surface area (Å²) in [5.41, 5.74) is 0.777. The Kier molecular flexibility index (Phi) is 7.19. The van der Waals surface area contributed by atoms with Crippen molar-refractivity contribution in [2.45, 2.75) is 13.0 Å². The van der Waals surface area contributed by atoms with Crippen LogP contribution in [0.2, 0.25) is 5.02 Å². The molecule has 0 radical (unpaired) electrons. The number of nitrogens with one attached hydrogen (secondary N) is 2. The second kappa shape index (κ2) is 9.59. The van der Waals surface area contributed by atoms with Gasteiger partial charge in [0.15, 0.2) is 6.10 Å². The van der Waals surface area contributed by atoms with Gasteiger partial charge in [-0.2, -0.15) is 0 Å². The molecule has 0 aliphatic rings. The average molecular weight is 391 g/mol. The van der Waals surface area contributed by atoms with Crippen LogP contribution in [0.4, 0.5) is 5.69 Å². The molecule has 7 nitrogen and oxygen atoms in total.